The fourth-order valence-corrected chi connectivity index (χ4v) is 1.72. The highest BCUT2D eigenvalue weighted by Crippen LogP contribution is 2.18. The fraction of sp³-hybridized carbons (Fsp3) is 0.462. The van der Waals surface area contributed by atoms with Crippen LogP contribution < -0.4 is 4.74 Å². The Morgan fingerprint density at radius 2 is 1.90 bits per heavy atom. The van der Waals surface area contributed by atoms with Crippen LogP contribution in [0.1, 0.15) is 10.4 Å². The third-order valence-electron chi connectivity index (χ3n) is 2.60. The number of halogens is 3. The van der Waals surface area contributed by atoms with Crippen molar-refractivity contribution < 1.29 is 32.9 Å². The largest absolute Gasteiger partial charge is 0.491 e. The molecule has 0 bridgehead atoms. The lowest BCUT2D eigenvalue weighted by atomic mass is 10.2. The molecule has 0 spiro atoms. The highest BCUT2D eigenvalue weighted by molar-refractivity contribution is 5.90. The number of aliphatic hydroxyl groups is 1. The number of hydrogen-bond acceptors (Lipinski definition) is 4. The highest BCUT2D eigenvalue weighted by Gasteiger charge is 2.30. The molecule has 0 aliphatic carbocycles. The van der Waals surface area contributed by atoms with Gasteiger partial charge in [-0.25, -0.2) is 4.79 Å². The van der Waals surface area contributed by atoms with Gasteiger partial charge in [-0.3, -0.25) is 4.90 Å². The Balaban J connectivity index is 2.56. The van der Waals surface area contributed by atoms with Crippen LogP contribution in [0.3, 0.4) is 0 Å². The minimum atomic E-state index is -4.37. The van der Waals surface area contributed by atoms with Gasteiger partial charge in [0.2, 0.25) is 0 Å². The van der Waals surface area contributed by atoms with Crippen LogP contribution in [-0.2, 0) is 0 Å². The van der Waals surface area contributed by atoms with Crippen molar-refractivity contribution in [2.75, 3.05) is 32.8 Å². The van der Waals surface area contributed by atoms with E-state index in [9.17, 15) is 18.0 Å². The highest BCUT2D eigenvalue weighted by atomic mass is 19.4. The number of rotatable bonds is 8. The Morgan fingerprint density at radius 3 is 2.48 bits per heavy atom. The Bertz CT molecular complexity index is 465. The number of ether oxygens (including phenoxy) is 1. The SMILES string of the molecule is O=C(O)c1ccccc1OCCN(CCO)CC(F)(F)F. The van der Waals surface area contributed by atoms with Crippen molar-refractivity contribution in [3.63, 3.8) is 0 Å². The zero-order valence-electron chi connectivity index (χ0n) is 11.1. The number of carbonyl (C=O) groups is 1. The van der Waals surface area contributed by atoms with Crippen molar-refractivity contribution in [3.05, 3.63) is 29.8 Å². The lowest BCUT2D eigenvalue weighted by Gasteiger charge is -2.22. The van der Waals surface area contributed by atoms with E-state index < -0.39 is 25.3 Å². The van der Waals surface area contributed by atoms with Crippen molar-refractivity contribution >= 4 is 5.97 Å². The first-order chi connectivity index (χ1) is 9.83. The normalized spacial score (nSPS) is 11.7. The van der Waals surface area contributed by atoms with E-state index in [4.69, 9.17) is 14.9 Å². The molecule has 0 aromatic heterocycles. The maximum absolute atomic E-state index is 12.3. The van der Waals surface area contributed by atoms with E-state index in [2.05, 4.69) is 0 Å². The molecule has 2 N–H and O–H groups in total. The maximum atomic E-state index is 12.3. The number of hydrogen-bond donors (Lipinski definition) is 2. The predicted octanol–water partition coefficient (Wildman–Crippen LogP) is 1.62. The molecule has 0 saturated carbocycles. The van der Waals surface area contributed by atoms with Gasteiger partial charge in [-0.05, 0) is 12.1 Å². The van der Waals surface area contributed by atoms with E-state index >= 15 is 0 Å². The van der Waals surface area contributed by atoms with Crippen LogP contribution in [0, 0.1) is 0 Å². The molecule has 0 heterocycles. The van der Waals surface area contributed by atoms with E-state index in [1.54, 1.807) is 6.07 Å². The minimum Gasteiger partial charge on any atom is -0.491 e. The number of aliphatic hydroxyl groups excluding tert-OH is 1. The van der Waals surface area contributed by atoms with Crippen molar-refractivity contribution in [2.24, 2.45) is 0 Å². The van der Waals surface area contributed by atoms with Gasteiger partial charge in [-0.15, -0.1) is 0 Å². The summed E-state index contributed by atoms with van der Waals surface area (Å²) in [6, 6.07) is 5.88. The molecule has 0 unspecified atom stereocenters. The maximum Gasteiger partial charge on any atom is 0.401 e. The molecule has 21 heavy (non-hydrogen) atoms. The van der Waals surface area contributed by atoms with Crippen LogP contribution in [0.5, 0.6) is 5.75 Å². The fourth-order valence-electron chi connectivity index (χ4n) is 1.72. The lowest BCUT2D eigenvalue weighted by molar-refractivity contribution is -0.147. The van der Waals surface area contributed by atoms with Crippen molar-refractivity contribution in [2.45, 2.75) is 6.18 Å². The average Bonchev–Trinajstić information content (AvgIpc) is 2.37. The molecule has 5 nitrogen and oxygen atoms in total. The molecule has 0 aliphatic heterocycles. The summed E-state index contributed by atoms with van der Waals surface area (Å²) >= 11 is 0. The minimum absolute atomic E-state index is 0.0537. The van der Waals surface area contributed by atoms with E-state index in [0.29, 0.717) is 0 Å². The number of carboxylic acids is 1. The molecule has 1 aromatic rings. The molecule has 0 amide bonds. The summed E-state index contributed by atoms with van der Waals surface area (Å²) in [6.45, 7) is -1.88. The summed E-state index contributed by atoms with van der Waals surface area (Å²) in [5, 5.41) is 17.7. The van der Waals surface area contributed by atoms with E-state index in [0.717, 1.165) is 4.90 Å². The van der Waals surface area contributed by atoms with E-state index in [1.165, 1.54) is 18.2 Å². The summed E-state index contributed by atoms with van der Waals surface area (Å²) in [4.78, 5) is 11.9. The Labute approximate surface area is 119 Å². The predicted molar refractivity (Wildman–Crippen MR) is 68.5 cm³/mol. The van der Waals surface area contributed by atoms with Gasteiger partial charge in [0.1, 0.15) is 17.9 Å². The summed E-state index contributed by atoms with van der Waals surface area (Å²) in [7, 11) is 0. The lowest BCUT2D eigenvalue weighted by Crippen LogP contribution is -2.38. The number of para-hydroxylation sites is 1. The molecular weight excluding hydrogens is 291 g/mol. The van der Waals surface area contributed by atoms with Crippen molar-refractivity contribution in [1.29, 1.82) is 0 Å². The van der Waals surface area contributed by atoms with Crippen molar-refractivity contribution in [3.8, 4) is 5.75 Å². The molecular formula is C13H16F3NO4. The van der Waals surface area contributed by atoms with Crippen LogP contribution in [0.4, 0.5) is 13.2 Å². The van der Waals surface area contributed by atoms with Gasteiger partial charge in [-0.2, -0.15) is 13.2 Å². The van der Waals surface area contributed by atoms with Gasteiger partial charge in [0.05, 0.1) is 13.2 Å². The summed E-state index contributed by atoms with van der Waals surface area (Å²) in [5.74, 6) is -1.07. The first-order valence-electron chi connectivity index (χ1n) is 6.18. The smallest absolute Gasteiger partial charge is 0.401 e. The van der Waals surface area contributed by atoms with Gasteiger partial charge in [0, 0.05) is 13.1 Å². The summed E-state index contributed by atoms with van der Waals surface area (Å²) in [6.07, 6.45) is -4.37. The first kappa shape index (κ1) is 17.3. The van der Waals surface area contributed by atoms with Gasteiger partial charge in [-0.1, -0.05) is 12.1 Å². The van der Waals surface area contributed by atoms with Crippen LogP contribution >= 0.6 is 0 Å². The Kier molecular flexibility index (Phi) is 6.44. The van der Waals surface area contributed by atoms with Gasteiger partial charge < -0.3 is 14.9 Å². The molecule has 0 atom stereocenters. The topological polar surface area (TPSA) is 70.0 Å². The number of benzene rings is 1. The van der Waals surface area contributed by atoms with Crippen molar-refractivity contribution in [1.82, 2.24) is 4.90 Å². The standard InChI is InChI=1S/C13H16F3NO4/c14-13(15,16)9-17(5-7-18)6-8-21-11-4-2-1-3-10(11)12(19)20/h1-4,18H,5-9H2,(H,19,20). The molecule has 118 valence electrons. The second-order valence-corrected chi connectivity index (χ2v) is 4.26. The number of carboxylic acid groups (broad SMARTS) is 1. The molecule has 1 rings (SSSR count). The Hall–Kier alpha value is -1.80. The molecule has 8 heteroatoms. The molecule has 1 aromatic carbocycles. The third kappa shape index (κ3) is 6.46. The first-order valence-corrected chi connectivity index (χ1v) is 6.18. The number of alkyl halides is 3. The third-order valence-corrected chi connectivity index (χ3v) is 2.60. The van der Waals surface area contributed by atoms with E-state index in [-0.39, 0.29) is 31.0 Å². The quantitative estimate of drug-likeness (QED) is 0.764. The average molecular weight is 307 g/mol. The number of nitrogens with zero attached hydrogens (tertiary/aromatic N) is 1. The van der Waals surface area contributed by atoms with Crippen LogP contribution in [0.15, 0.2) is 24.3 Å². The van der Waals surface area contributed by atoms with Crippen LogP contribution in [0.25, 0.3) is 0 Å². The second-order valence-electron chi connectivity index (χ2n) is 4.26. The zero-order valence-corrected chi connectivity index (χ0v) is 11.1. The molecule has 0 aliphatic rings. The van der Waals surface area contributed by atoms with Crippen LogP contribution in [-0.4, -0.2) is 60.1 Å². The van der Waals surface area contributed by atoms with E-state index in [1.807, 2.05) is 0 Å². The molecule has 0 fully saturated rings. The summed E-state index contributed by atoms with van der Waals surface area (Å²) in [5.41, 5.74) is -0.0537. The van der Waals surface area contributed by atoms with Gasteiger partial charge in [0.15, 0.2) is 0 Å². The van der Waals surface area contributed by atoms with Gasteiger partial charge >= 0.3 is 12.1 Å². The van der Waals surface area contributed by atoms with Gasteiger partial charge in [0.25, 0.3) is 0 Å². The Morgan fingerprint density at radius 1 is 1.24 bits per heavy atom. The van der Waals surface area contributed by atoms with Crippen LogP contribution in [0.2, 0.25) is 0 Å². The monoisotopic (exact) mass is 307 g/mol. The molecule has 0 radical (unpaired) electrons. The second kappa shape index (κ2) is 7.84. The zero-order chi connectivity index (χ0) is 15.9. The summed E-state index contributed by atoms with van der Waals surface area (Å²) < 4.78 is 42.1. The molecule has 0 saturated heterocycles. The number of aromatic carboxylic acids is 1.